The van der Waals surface area contributed by atoms with Crippen LogP contribution < -0.4 is 9.47 Å². The molecule has 0 heterocycles. The number of methoxy groups -OCH3 is 4. The first-order valence-electron chi connectivity index (χ1n) is 7.05. The molecular weight excluding hydrogens is 280 g/mol. The van der Waals surface area contributed by atoms with Gasteiger partial charge in [0.1, 0.15) is 11.5 Å². The molecule has 0 spiro atoms. The first kappa shape index (κ1) is 16.3. The fraction of sp³-hybridized carbons (Fsp3) is 0.333. The summed E-state index contributed by atoms with van der Waals surface area (Å²) in [5, 5.41) is 0. The van der Waals surface area contributed by atoms with Crippen molar-refractivity contribution in [2.45, 2.75) is 12.2 Å². The lowest BCUT2D eigenvalue weighted by molar-refractivity contribution is -0.215. The van der Waals surface area contributed by atoms with E-state index in [1.807, 2.05) is 48.5 Å². The van der Waals surface area contributed by atoms with Gasteiger partial charge in [-0.15, -0.1) is 0 Å². The quantitative estimate of drug-likeness (QED) is 0.735. The van der Waals surface area contributed by atoms with Gasteiger partial charge in [-0.1, -0.05) is 12.1 Å². The summed E-state index contributed by atoms with van der Waals surface area (Å²) in [4.78, 5) is 0. The lowest BCUT2D eigenvalue weighted by Gasteiger charge is -2.31. The highest BCUT2D eigenvalue weighted by Gasteiger charge is 2.32. The van der Waals surface area contributed by atoms with Crippen LogP contribution in [-0.4, -0.2) is 28.4 Å². The average Bonchev–Trinajstić information content (AvgIpc) is 2.60. The second kappa shape index (κ2) is 7.29. The molecule has 0 bridgehead atoms. The van der Waals surface area contributed by atoms with E-state index in [0.29, 0.717) is 6.42 Å². The minimum atomic E-state index is -0.832. The van der Waals surface area contributed by atoms with E-state index in [1.54, 1.807) is 28.4 Å². The highest BCUT2D eigenvalue weighted by Crippen LogP contribution is 2.32. The van der Waals surface area contributed by atoms with Crippen molar-refractivity contribution in [1.29, 1.82) is 0 Å². The van der Waals surface area contributed by atoms with Crippen LogP contribution >= 0.6 is 0 Å². The molecule has 0 saturated carbocycles. The monoisotopic (exact) mass is 302 g/mol. The summed E-state index contributed by atoms with van der Waals surface area (Å²) in [7, 11) is 6.60. The van der Waals surface area contributed by atoms with Gasteiger partial charge in [0, 0.05) is 26.2 Å². The molecule has 0 saturated heterocycles. The molecule has 0 N–H and O–H groups in total. The molecule has 2 aromatic carbocycles. The van der Waals surface area contributed by atoms with E-state index in [0.717, 1.165) is 22.6 Å². The van der Waals surface area contributed by atoms with Crippen LogP contribution in [0.5, 0.6) is 11.5 Å². The second-order valence-electron chi connectivity index (χ2n) is 4.91. The van der Waals surface area contributed by atoms with Gasteiger partial charge in [0.05, 0.1) is 14.2 Å². The molecule has 0 atom stereocenters. The Kier molecular flexibility index (Phi) is 5.41. The van der Waals surface area contributed by atoms with Crippen molar-refractivity contribution >= 4 is 0 Å². The van der Waals surface area contributed by atoms with Gasteiger partial charge in [0.25, 0.3) is 0 Å². The predicted octanol–water partition coefficient (Wildman–Crippen LogP) is 3.39. The maximum Gasteiger partial charge on any atom is 0.198 e. The number of hydrogen-bond donors (Lipinski definition) is 0. The minimum absolute atomic E-state index is 0.594. The third kappa shape index (κ3) is 3.40. The molecule has 0 unspecified atom stereocenters. The Morgan fingerprint density at radius 2 is 1.14 bits per heavy atom. The zero-order valence-corrected chi connectivity index (χ0v) is 13.5. The number of ether oxygens (including phenoxy) is 4. The molecule has 4 nitrogen and oxygen atoms in total. The van der Waals surface area contributed by atoms with Gasteiger partial charge < -0.3 is 18.9 Å². The molecule has 0 fully saturated rings. The van der Waals surface area contributed by atoms with Crippen LogP contribution in [0.25, 0.3) is 0 Å². The molecule has 0 aromatic heterocycles. The van der Waals surface area contributed by atoms with E-state index >= 15 is 0 Å². The van der Waals surface area contributed by atoms with Crippen molar-refractivity contribution in [3.05, 3.63) is 59.7 Å². The van der Waals surface area contributed by atoms with Gasteiger partial charge in [-0.2, -0.15) is 0 Å². The van der Waals surface area contributed by atoms with Crippen LogP contribution in [0.2, 0.25) is 0 Å². The number of benzene rings is 2. The third-order valence-electron chi connectivity index (χ3n) is 3.79. The fourth-order valence-electron chi connectivity index (χ4n) is 2.42. The van der Waals surface area contributed by atoms with E-state index in [1.165, 1.54) is 0 Å². The molecule has 0 aliphatic rings. The van der Waals surface area contributed by atoms with E-state index in [-0.39, 0.29) is 0 Å². The highest BCUT2D eigenvalue weighted by atomic mass is 16.7. The summed E-state index contributed by atoms with van der Waals surface area (Å²) in [6, 6.07) is 15.6. The Balaban J connectivity index is 2.29. The summed E-state index contributed by atoms with van der Waals surface area (Å²) in [5.74, 6) is 0.795. The first-order chi connectivity index (χ1) is 10.7. The molecular formula is C18H22O4. The van der Waals surface area contributed by atoms with Gasteiger partial charge in [-0.25, -0.2) is 0 Å². The van der Waals surface area contributed by atoms with E-state index < -0.39 is 5.79 Å². The Bertz CT molecular complexity index is 571. The van der Waals surface area contributed by atoms with Gasteiger partial charge in [0.15, 0.2) is 5.79 Å². The zero-order chi connectivity index (χ0) is 16.0. The Hall–Kier alpha value is -2.04. The van der Waals surface area contributed by atoms with Gasteiger partial charge in [-0.3, -0.25) is 0 Å². The predicted molar refractivity (Wildman–Crippen MR) is 85.4 cm³/mol. The lowest BCUT2D eigenvalue weighted by atomic mass is 9.97. The maximum atomic E-state index is 5.71. The average molecular weight is 302 g/mol. The summed E-state index contributed by atoms with van der Waals surface area (Å²) < 4.78 is 21.8. The molecule has 0 aliphatic carbocycles. The molecule has 118 valence electrons. The van der Waals surface area contributed by atoms with Crippen molar-refractivity contribution in [3.63, 3.8) is 0 Å². The summed E-state index contributed by atoms with van der Waals surface area (Å²) in [6.07, 6.45) is 0.594. The Labute approximate surface area is 131 Å². The molecule has 0 radical (unpaired) electrons. The largest absolute Gasteiger partial charge is 0.497 e. The standard InChI is InChI=1S/C18H22O4/c1-19-16-9-5-14(6-10-16)13-18(21-3,22-4)15-7-11-17(20-2)12-8-15/h5-12H,13H2,1-4H3. The normalized spacial score (nSPS) is 11.3. The first-order valence-corrected chi connectivity index (χ1v) is 7.05. The maximum absolute atomic E-state index is 5.71. The van der Waals surface area contributed by atoms with E-state index in [9.17, 15) is 0 Å². The topological polar surface area (TPSA) is 36.9 Å². The van der Waals surface area contributed by atoms with Crippen molar-refractivity contribution in [1.82, 2.24) is 0 Å². The summed E-state index contributed by atoms with van der Waals surface area (Å²) in [5.41, 5.74) is 2.04. The van der Waals surface area contributed by atoms with Crippen LogP contribution in [0.3, 0.4) is 0 Å². The van der Waals surface area contributed by atoms with Crippen LogP contribution in [-0.2, 0) is 21.7 Å². The minimum Gasteiger partial charge on any atom is -0.497 e. The smallest absolute Gasteiger partial charge is 0.198 e. The van der Waals surface area contributed by atoms with Crippen molar-refractivity contribution in [3.8, 4) is 11.5 Å². The molecule has 2 aromatic rings. The Morgan fingerprint density at radius 3 is 1.55 bits per heavy atom. The molecule has 0 aliphatic heterocycles. The SMILES string of the molecule is COc1ccc(CC(OC)(OC)c2ccc(OC)cc2)cc1. The summed E-state index contributed by atoms with van der Waals surface area (Å²) in [6.45, 7) is 0. The Morgan fingerprint density at radius 1 is 0.682 bits per heavy atom. The van der Waals surface area contributed by atoms with Crippen LogP contribution in [0.1, 0.15) is 11.1 Å². The molecule has 0 amide bonds. The molecule has 22 heavy (non-hydrogen) atoms. The van der Waals surface area contributed by atoms with Crippen LogP contribution in [0.4, 0.5) is 0 Å². The molecule has 4 heteroatoms. The highest BCUT2D eigenvalue weighted by molar-refractivity contribution is 5.33. The number of hydrogen-bond acceptors (Lipinski definition) is 4. The lowest BCUT2D eigenvalue weighted by Crippen LogP contribution is -2.33. The summed E-state index contributed by atoms with van der Waals surface area (Å²) >= 11 is 0. The second-order valence-corrected chi connectivity index (χ2v) is 4.91. The van der Waals surface area contributed by atoms with Gasteiger partial charge >= 0.3 is 0 Å². The third-order valence-corrected chi connectivity index (χ3v) is 3.79. The number of rotatable bonds is 7. The zero-order valence-electron chi connectivity index (χ0n) is 13.5. The van der Waals surface area contributed by atoms with Crippen molar-refractivity contribution in [2.24, 2.45) is 0 Å². The van der Waals surface area contributed by atoms with Gasteiger partial charge in [-0.05, 0) is 42.0 Å². The van der Waals surface area contributed by atoms with Crippen molar-refractivity contribution in [2.75, 3.05) is 28.4 Å². The fourth-order valence-corrected chi connectivity index (χ4v) is 2.42. The van der Waals surface area contributed by atoms with Crippen LogP contribution in [0.15, 0.2) is 48.5 Å². The van der Waals surface area contributed by atoms with E-state index in [2.05, 4.69) is 0 Å². The van der Waals surface area contributed by atoms with E-state index in [4.69, 9.17) is 18.9 Å². The van der Waals surface area contributed by atoms with Crippen LogP contribution in [0, 0.1) is 0 Å². The van der Waals surface area contributed by atoms with Crippen molar-refractivity contribution < 1.29 is 18.9 Å². The molecule has 2 rings (SSSR count). The van der Waals surface area contributed by atoms with Gasteiger partial charge in [0.2, 0.25) is 0 Å².